The smallest absolute Gasteiger partial charge is 0.146 e. The number of carbonyl (C=O) groups excluding carboxylic acids is 1. The van der Waals surface area contributed by atoms with Crippen LogP contribution in [-0.2, 0) is 4.79 Å². The molecule has 0 aromatic carbocycles. The van der Waals surface area contributed by atoms with Crippen molar-refractivity contribution in [2.45, 2.75) is 45.6 Å². The molecule has 2 nitrogen and oxygen atoms in total. The number of ketones is 1. The summed E-state index contributed by atoms with van der Waals surface area (Å²) >= 11 is 0. The number of rotatable bonds is 6. The van der Waals surface area contributed by atoms with Crippen molar-refractivity contribution in [1.29, 1.82) is 0 Å². The molecule has 0 aliphatic heterocycles. The fraction of sp³-hybridized carbons (Fsp3) is 0.900. The molecule has 2 heteroatoms. The highest BCUT2D eigenvalue weighted by Crippen LogP contribution is 2.18. The normalized spacial score (nSPS) is 16.9. The average Bonchev–Trinajstić information content (AvgIpc) is 2.80. The van der Waals surface area contributed by atoms with Crippen LogP contribution in [-0.4, -0.2) is 18.4 Å². The van der Waals surface area contributed by atoms with Crippen molar-refractivity contribution in [3.05, 3.63) is 0 Å². The van der Waals surface area contributed by atoms with Crippen LogP contribution in [0.1, 0.15) is 39.5 Å². The standard InChI is InChI=1S/C10H19NO/c1-8(2)3-6-10(12)7-11-9-4-5-9/h8-9,11H,3-7H2,1-2H3. The molecule has 0 aromatic rings. The highest BCUT2D eigenvalue weighted by molar-refractivity contribution is 5.80. The van der Waals surface area contributed by atoms with E-state index in [4.69, 9.17) is 0 Å². The first kappa shape index (κ1) is 9.72. The highest BCUT2D eigenvalue weighted by atomic mass is 16.1. The minimum atomic E-state index is 0.371. The Bertz CT molecular complexity index is 142. The molecule has 0 amide bonds. The zero-order valence-corrected chi connectivity index (χ0v) is 8.10. The van der Waals surface area contributed by atoms with Crippen LogP contribution in [0.3, 0.4) is 0 Å². The molecule has 1 aliphatic carbocycles. The second-order valence-electron chi connectivity index (χ2n) is 4.13. The van der Waals surface area contributed by atoms with E-state index >= 15 is 0 Å². The van der Waals surface area contributed by atoms with Crippen LogP contribution in [0.2, 0.25) is 0 Å². The van der Waals surface area contributed by atoms with Crippen LogP contribution in [0, 0.1) is 5.92 Å². The summed E-state index contributed by atoms with van der Waals surface area (Å²) in [7, 11) is 0. The summed E-state index contributed by atoms with van der Waals surface area (Å²) in [4.78, 5) is 11.2. The molecule has 70 valence electrons. The Labute approximate surface area is 74.7 Å². The second kappa shape index (κ2) is 4.61. The van der Waals surface area contributed by atoms with Gasteiger partial charge in [0, 0.05) is 12.5 Å². The molecule has 1 aliphatic rings. The largest absolute Gasteiger partial charge is 0.307 e. The van der Waals surface area contributed by atoms with Crippen LogP contribution in [0.25, 0.3) is 0 Å². The molecule has 0 radical (unpaired) electrons. The first-order valence-electron chi connectivity index (χ1n) is 4.93. The molecule has 12 heavy (non-hydrogen) atoms. The fourth-order valence-electron chi connectivity index (χ4n) is 1.08. The van der Waals surface area contributed by atoms with Gasteiger partial charge in [-0.3, -0.25) is 4.79 Å². The maximum absolute atomic E-state index is 11.2. The van der Waals surface area contributed by atoms with Gasteiger partial charge in [0.15, 0.2) is 0 Å². The van der Waals surface area contributed by atoms with Gasteiger partial charge in [0.25, 0.3) is 0 Å². The quantitative estimate of drug-likeness (QED) is 0.656. The summed E-state index contributed by atoms with van der Waals surface area (Å²) in [5, 5.41) is 3.23. The zero-order valence-electron chi connectivity index (χ0n) is 8.10. The number of hydrogen-bond donors (Lipinski definition) is 1. The van der Waals surface area contributed by atoms with Crippen molar-refractivity contribution >= 4 is 5.78 Å². The summed E-state index contributed by atoms with van der Waals surface area (Å²) in [6.07, 6.45) is 4.30. The van der Waals surface area contributed by atoms with E-state index in [1.54, 1.807) is 0 Å². The van der Waals surface area contributed by atoms with E-state index in [9.17, 15) is 4.79 Å². The molecule has 1 saturated carbocycles. The zero-order chi connectivity index (χ0) is 8.97. The molecule has 0 unspecified atom stereocenters. The lowest BCUT2D eigenvalue weighted by Gasteiger charge is -2.04. The van der Waals surface area contributed by atoms with Gasteiger partial charge in [-0.15, -0.1) is 0 Å². The van der Waals surface area contributed by atoms with Crippen LogP contribution in [0.4, 0.5) is 0 Å². The molecule has 0 saturated heterocycles. The summed E-state index contributed by atoms with van der Waals surface area (Å²) in [5.41, 5.74) is 0. The number of Topliss-reactive ketones (excluding diaryl/α,β-unsaturated/α-hetero) is 1. The Morgan fingerprint density at radius 3 is 2.67 bits per heavy atom. The molecular formula is C10H19NO. The predicted octanol–water partition coefficient (Wildman–Crippen LogP) is 1.74. The third kappa shape index (κ3) is 4.50. The summed E-state index contributed by atoms with van der Waals surface area (Å²) in [6.45, 7) is 4.90. The van der Waals surface area contributed by atoms with Gasteiger partial charge in [0.05, 0.1) is 6.54 Å². The number of hydrogen-bond acceptors (Lipinski definition) is 2. The van der Waals surface area contributed by atoms with Crippen LogP contribution in [0.15, 0.2) is 0 Å². The van der Waals surface area contributed by atoms with E-state index < -0.39 is 0 Å². The topological polar surface area (TPSA) is 29.1 Å². The van der Waals surface area contributed by atoms with Crippen molar-refractivity contribution in [2.75, 3.05) is 6.54 Å². The number of nitrogens with one attached hydrogen (secondary N) is 1. The summed E-state index contributed by atoms with van der Waals surface area (Å²) in [6, 6.07) is 0.660. The molecule has 1 fully saturated rings. The van der Waals surface area contributed by atoms with Gasteiger partial charge in [0.1, 0.15) is 5.78 Å². The molecule has 0 spiro atoms. The van der Waals surface area contributed by atoms with Gasteiger partial charge >= 0.3 is 0 Å². The summed E-state index contributed by atoms with van der Waals surface area (Å²) < 4.78 is 0. The highest BCUT2D eigenvalue weighted by Gasteiger charge is 2.20. The van der Waals surface area contributed by atoms with Gasteiger partial charge < -0.3 is 5.32 Å². The maximum Gasteiger partial charge on any atom is 0.146 e. The average molecular weight is 169 g/mol. The second-order valence-corrected chi connectivity index (χ2v) is 4.13. The Balaban J connectivity index is 1.95. The van der Waals surface area contributed by atoms with E-state index in [1.807, 2.05) is 0 Å². The van der Waals surface area contributed by atoms with Crippen molar-refractivity contribution in [1.82, 2.24) is 5.32 Å². The Morgan fingerprint density at radius 1 is 1.50 bits per heavy atom. The Morgan fingerprint density at radius 2 is 2.17 bits per heavy atom. The van der Waals surface area contributed by atoms with E-state index in [0.717, 1.165) is 12.8 Å². The van der Waals surface area contributed by atoms with Gasteiger partial charge in [-0.25, -0.2) is 0 Å². The van der Waals surface area contributed by atoms with E-state index in [0.29, 0.717) is 24.3 Å². The maximum atomic E-state index is 11.2. The van der Waals surface area contributed by atoms with Crippen LogP contribution in [0.5, 0.6) is 0 Å². The Hall–Kier alpha value is -0.370. The SMILES string of the molecule is CC(C)CCC(=O)CNC1CC1. The van der Waals surface area contributed by atoms with E-state index in [-0.39, 0.29) is 0 Å². The fourth-order valence-corrected chi connectivity index (χ4v) is 1.08. The van der Waals surface area contributed by atoms with Crippen LogP contribution < -0.4 is 5.32 Å². The van der Waals surface area contributed by atoms with Crippen LogP contribution >= 0.6 is 0 Å². The lowest BCUT2D eigenvalue weighted by molar-refractivity contribution is -0.118. The molecule has 0 atom stereocenters. The van der Waals surface area contributed by atoms with Gasteiger partial charge in [-0.2, -0.15) is 0 Å². The van der Waals surface area contributed by atoms with Crippen molar-refractivity contribution < 1.29 is 4.79 Å². The van der Waals surface area contributed by atoms with Gasteiger partial charge in [-0.05, 0) is 25.2 Å². The third-order valence-corrected chi connectivity index (χ3v) is 2.17. The summed E-state index contributed by atoms with van der Waals surface area (Å²) in [5.74, 6) is 1.02. The number of carbonyl (C=O) groups is 1. The lowest BCUT2D eigenvalue weighted by Crippen LogP contribution is -2.24. The molecule has 0 aromatic heterocycles. The molecule has 0 heterocycles. The molecule has 1 N–H and O–H groups in total. The predicted molar refractivity (Wildman–Crippen MR) is 50.1 cm³/mol. The van der Waals surface area contributed by atoms with Gasteiger partial charge in [0.2, 0.25) is 0 Å². The van der Waals surface area contributed by atoms with E-state index in [1.165, 1.54) is 12.8 Å². The third-order valence-electron chi connectivity index (χ3n) is 2.17. The first-order chi connectivity index (χ1) is 5.68. The van der Waals surface area contributed by atoms with E-state index in [2.05, 4.69) is 19.2 Å². The molecular weight excluding hydrogens is 150 g/mol. The minimum absolute atomic E-state index is 0.371. The van der Waals surface area contributed by atoms with Crippen molar-refractivity contribution in [2.24, 2.45) is 5.92 Å². The van der Waals surface area contributed by atoms with Crippen molar-refractivity contribution in [3.8, 4) is 0 Å². The molecule has 1 rings (SSSR count). The Kier molecular flexibility index (Phi) is 3.73. The van der Waals surface area contributed by atoms with Crippen molar-refractivity contribution in [3.63, 3.8) is 0 Å². The molecule has 0 bridgehead atoms. The monoisotopic (exact) mass is 169 g/mol. The first-order valence-corrected chi connectivity index (χ1v) is 4.93. The lowest BCUT2D eigenvalue weighted by atomic mass is 10.1. The minimum Gasteiger partial charge on any atom is -0.307 e. The van der Waals surface area contributed by atoms with Gasteiger partial charge in [-0.1, -0.05) is 13.8 Å².